The van der Waals surface area contributed by atoms with Crippen molar-refractivity contribution < 1.29 is 0 Å². The molecule has 0 radical (unpaired) electrons. The van der Waals surface area contributed by atoms with E-state index in [1.54, 1.807) is 11.2 Å². The van der Waals surface area contributed by atoms with Crippen LogP contribution in [0.5, 0.6) is 0 Å². The molecule has 13 heavy (non-hydrogen) atoms. The van der Waals surface area contributed by atoms with Crippen molar-refractivity contribution in [2.75, 3.05) is 13.6 Å². The summed E-state index contributed by atoms with van der Waals surface area (Å²) in [4.78, 5) is 0. The van der Waals surface area contributed by atoms with Gasteiger partial charge in [0.15, 0.2) is 0 Å². The molecule has 0 saturated heterocycles. The minimum Gasteiger partial charge on any atom is -0.333 e. The molecule has 0 rings (SSSR count). The van der Waals surface area contributed by atoms with E-state index < -0.39 is 0 Å². The second kappa shape index (κ2) is 22.5. The highest BCUT2D eigenvalue weighted by Gasteiger charge is 1.88. The van der Waals surface area contributed by atoms with Crippen molar-refractivity contribution >= 4 is 0 Å². The van der Waals surface area contributed by atoms with Crippen LogP contribution in [0.1, 0.15) is 26.2 Å². The van der Waals surface area contributed by atoms with Crippen LogP contribution in [0.25, 0.3) is 0 Å². The Labute approximate surface area is 83.1 Å². The molecule has 3 heteroatoms. The molecular formula is C10H25N3. The normalized spacial score (nSPS) is 7.08. The fraction of sp³-hybridized carbons (Fsp3) is 0.600. The minimum absolute atomic E-state index is 0.928. The van der Waals surface area contributed by atoms with Crippen LogP contribution in [-0.4, -0.2) is 18.6 Å². The largest absolute Gasteiger partial charge is 0.333 e. The van der Waals surface area contributed by atoms with Crippen molar-refractivity contribution in [1.82, 2.24) is 5.01 Å². The molecule has 0 bridgehead atoms. The summed E-state index contributed by atoms with van der Waals surface area (Å²) in [7, 11) is 1.50. The number of rotatable bonds is 5. The van der Waals surface area contributed by atoms with E-state index in [0.29, 0.717) is 0 Å². The predicted octanol–water partition coefficient (Wildman–Crippen LogP) is 1.87. The number of hydrogen-bond acceptors (Lipinski definition) is 3. The van der Waals surface area contributed by atoms with Gasteiger partial charge >= 0.3 is 0 Å². The smallest absolute Gasteiger partial charge is 0.0335 e. The van der Waals surface area contributed by atoms with Crippen LogP contribution in [0.2, 0.25) is 0 Å². The maximum atomic E-state index is 5.43. The number of unbranched alkanes of at least 4 members (excludes halogenated alkanes) is 2. The predicted molar refractivity (Wildman–Crippen MR) is 62.0 cm³/mol. The molecule has 0 atom stereocenters. The highest BCUT2D eigenvalue weighted by Crippen LogP contribution is 1.93. The molecular weight excluding hydrogens is 162 g/mol. The van der Waals surface area contributed by atoms with E-state index in [4.69, 9.17) is 5.84 Å². The van der Waals surface area contributed by atoms with E-state index in [2.05, 4.69) is 32.4 Å². The molecule has 0 aliphatic carbocycles. The average molecular weight is 187 g/mol. The zero-order chi connectivity index (χ0) is 11.1. The fourth-order valence-corrected chi connectivity index (χ4v) is 0.636. The third-order valence-electron chi connectivity index (χ3n) is 1.25. The summed E-state index contributed by atoms with van der Waals surface area (Å²) in [6.45, 7) is 12.6. The Morgan fingerprint density at radius 3 is 2.00 bits per heavy atom. The first-order valence-corrected chi connectivity index (χ1v) is 4.53. The molecule has 0 unspecified atom stereocenters. The van der Waals surface area contributed by atoms with Gasteiger partial charge in [0.1, 0.15) is 0 Å². The zero-order valence-electron chi connectivity index (χ0n) is 9.13. The van der Waals surface area contributed by atoms with Crippen LogP contribution in [0, 0.1) is 0 Å². The van der Waals surface area contributed by atoms with Gasteiger partial charge in [-0.3, -0.25) is 0 Å². The van der Waals surface area contributed by atoms with Crippen molar-refractivity contribution in [2.24, 2.45) is 11.6 Å². The molecule has 0 amide bonds. The maximum Gasteiger partial charge on any atom is 0.0335 e. The lowest BCUT2D eigenvalue weighted by Crippen LogP contribution is -2.25. The SMILES string of the molecule is C=C.C=CN(N)CCCCC.CN. The summed E-state index contributed by atoms with van der Waals surface area (Å²) in [5.74, 6) is 5.43. The van der Waals surface area contributed by atoms with Crippen molar-refractivity contribution in [2.45, 2.75) is 26.2 Å². The van der Waals surface area contributed by atoms with Gasteiger partial charge in [0, 0.05) is 12.7 Å². The molecule has 4 N–H and O–H groups in total. The van der Waals surface area contributed by atoms with E-state index in [0.717, 1.165) is 6.54 Å². The quantitative estimate of drug-likeness (QED) is 0.299. The third kappa shape index (κ3) is 24.7. The van der Waals surface area contributed by atoms with E-state index in [9.17, 15) is 0 Å². The molecule has 3 nitrogen and oxygen atoms in total. The number of hydrogen-bond donors (Lipinski definition) is 2. The lowest BCUT2D eigenvalue weighted by molar-refractivity contribution is 0.381. The molecule has 0 aromatic carbocycles. The lowest BCUT2D eigenvalue weighted by atomic mass is 10.2. The Hall–Kier alpha value is -0.800. The standard InChI is InChI=1S/C7H16N2.C2H4.CH5N/c1-3-5-6-7-9(8)4-2;2*1-2/h4H,2-3,5-8H2,1H3;1-2H2;2H2,1H3. The van der Waals surface area contributed by atoms with Crippen LogP contribution in [-0.2, 0) is 0 Å². The van der Waals surface area contributed by atoms with Gasteiger partial charge < -0.3 is 10.7 Å². The summed E-state index contributed by atoms with van der Waals surface area (Å²) in [5.41, 5.74) is 4.50. The van der Waals surface area contributed by atoms with Gasteiger partial charge in [0.05, 0.1) is 0 Å². The molecule has 0 heterocycles. The molecule has 0 saturated carbocycles. The topological polar surface area (TPSA) is 55.3 Å². The van der Waals surface area contributed by atoms with Gasteiger partial charge in [-0.05, 0) is 13.5 Å². The first-order valence-electron chi connectivity index (χ1n) is 4.53. The van der Waals surface area contributed by atoms with Gasteiger partial charge in [-0.15, -0.1) is 13.2 Å². The van der Waals surface area contributed by atoms with Gasteiger partial charge in [0.2, 0.25) is 0 Å². The Morgan fingerprint density at radius 2 is 1.69 bits per heavy atom. The van der Waals surface area contributed by atoms with Crippen LogP contribution in [0.3, 0.4) is 0 Å². The van der Waals surface area contributed by atoms with Gasteiger partial charge in [-0.2, -0.15) is 0 Å². The second-order valence-electron chi connectivity index (χ2n) is 2.13. The Bertz CT molecular complexity index is 84.2. The van der Waals surface area contributed by atoms with Crippen molar-refractivity contribution in [1.29, 1.82) is 0 Å². The fourth-order valence-electron chi connectivity index (χ4n) is 0.636. The highest BCUT2D eigenvalue weighted by atomic mass is 15.4. The minimum atomic E-state index is 0.928. The molecule has 80 valence electrons. The molecule has 0 aliphatic rings. The molecule has 0 fully saturated rings. The van der Waals surface area contributed by atoms with E-state index in [-0.39, 0.29) is 0 Å². The monoisotopic (exact) mass is 187 g/mol. The zero-order valence-corrected chi connectivity index (χ0v) is 9.13. The lowest BCUT2D eigenvalue weighted by Gasteiger charge is -2.10. The van der Waals surface area contributed by atoms with Crippen LogP contribution in [0.4, 0.5) is 0 Å². The summed E-state index contributed by atoms with van der Waals surface area (Å²) in [6.07, 6.45) is 5.31. The summed E-state index contributed by atoms with van der Waals surface area (Å²) in [6, 6.07) is 0. The maximum absolute atomic E-state index is 5.43. The third-order valence-corrected chi connectivity index (χ3v) is 1.25. The number of nitrogens with zero attached hydrogens (tertiary/aromatic N) is 1. The molecule has 0 aromatic heterocycles. The van der Waals surface area contributed by atoms with Crippen LogP contribution >= 0.6 is 0 Å². The summed E-state index contributed by atoms with van der Waals surface area (Å²) in [5, 5.41) is 1.62. The van der Waals surface area contributed by atoms with E-state index in [1.807, 2.05) is 0 Å². The van der Waals surface area contributed by atoms with Gasteiger partial charge in [0.25, 0.3) is 0 Å². The van der Waals surface area contributed by atoms with Crippen LogP contribution < -0.4 is 11.6 Å². The highest BCUT2D eigenvalue weighted by molar-refractivity contribution is 4.63. The summed E-state index contributed by atoms with van der Waals surface area (Å²) >= 11 is 0. The summed E-state index contributed by atoms with van der Waals surface area (Å²) < 4.78 is 0. The first-order chi connectivity index (χ1) is 6.31. The number of nitrogens with two attached hydrogens (primary N) is 2. The van der Waals surface area contributed by atoms with Crippen molar-refractivity contribution in [3.05, 3.63) is 25.9 Å². The number of hydrazine groups is 1. The molecule has 0 aromatic rings. The molecule has 0 aliphatic heterocycles. The molecule has 0 spiro atoms. The van der Waals surface area contributed by atoms with Gasteiger partial charge in [-0.25, -0.2) is 5.84 Å². The van der Waals surface area contributed by atoms with Crippen molar-refractivity contribution in [3.63, 3.8) is 0 Å². The first kappa shape index (κ1) is 18.1. The van der Waals surface area contributed by atoms with E-state index >= 15 is 0 Å². The Kier molecular flexibility index (Phi) is 31.3. The Morgan fingerprint density at radius 1 is 1.23 bits per heavy atom. The average Bonchev–Trinajstić information content (AvgIpc) is 2.24. The van der Waals surface area contributed by atoms with Gasteiger partial charge in [-0.1, -0.05) is 26.3 Å². The van der Waals surface area contributed by atoms with Crippen LogP contribution in [0.15, 0.2) is 25.9 Å². The second-order valence-corrected chi connectivity index (χ2v) is 2.13. The Balaban J connectivity index is -0.000000218. The van der Waals surface area contributed by atoms with Crippen molar-refractivity contribution in [3.8, 4) is 0 Å². The van der Waals surface area contributed by atoms with E-state index in [1.165, 1.54) is 26.3 Å².